The van der Waals surface area contributed by atoms with E-state index in [9.17, 15) is 9.18 Å². The van der Waals surface area contributed by atoms with E-state index in [2.05, 4.69) is 10.6 Å². The standard InChI is InChI=1S/C24H26ClFN6OS/c1-24(2,3)29-21-20(16-7-11-18(26)12-8-16)28-22-32(21)30-23(34-22)31(4)14-19(33)27-13-15-5-9-17(25)10-6-15/h5-12,29H,13-14H2,1-4H3,(H,27,33). The maximum absolute atomic E-state index is 13.4. The number of hydrogen-bond acceptors (Lipinski definition) is 6. The summed E-state index contributed by atoms with van der Waals surface area (Å²) in [6, 6.07) is 13.6. The molecule has 2 aromatic carbocycles. The van der Waals surface area contributed by atoms with Gasteiger partial charge in [0.15, 0.2) is 5.82 Å². The summed E-state index contributed by atoms with van der Waals surface area (Å²) in [4.78, 5) is 19.7. The molecule has 0 saturated carbocycles. The van der Waals surface area contributed by atoms with Crippen molar-refractivity contribution in [1.82, 2.24) is 19.9 Å². The Labute approximate surface area is 206 Å². The number of imidazole rings is 1. The summed E-state index contributed by atoms with van der Waals surface area (Å²) < 4.78 is 15.2. The number of benzene rings is 2. The van der Waals surface area contributed by atoms with Crippen LogP contribution in [0.1, 0.15) is 26.3 Å². The molecule has 0 fully saturated rings. The fourth-order valence-electron chi connectivity index (χ4n) is 3.31. The second kappa shape index (κ2) is 9.60. The van der Waals surface area contributed by atoms with Gasteiger partial charge in [-0.1, -0.05) is 35.1 Å². The predicted octanol–water partition coefficient (Wildman–Crippen LogP) is 5.21. The Morgan fingerprint density at radius 3 is 2.47 bits per heavy atom. The lowest BCUT2D eigenvalue weighted by atomic mass is 10.1. The van der Waals surface area contributed by atoms with Crippen molar-refractivity contribution in [2.75, 3.05) is 23.8 Å². The van der Waals surface area contributed by atoms with Crippen LogP contribution in [0.25, 0.3) is 16.2 Å². The number of nitrogens with one attached hydrogen (secondary N) is 2. The van der Waals surface area contributed by atoms with Gasteiger partial charge in [0.1, 0.15) is 11.5 Å². The predicted molar refractivity (Wildman–Crippen MR) is 136 cm³/mol. The summed E-state index contributed by atoms with van der Waals surface area (Å²) in [6.45, 7) is 6.71. The topological polar surface area (TPSA) is 74.6 Å². The minimum Gasteiger partial charge on any atom is -0.364 e. The van der Waals surface area contributed by atoms with Gasteiger partial charge < -0.3 is 15.5 Å². The van der Waals surface area contributed by atoms with Crippen LogP contribution in [0, 0.1) is 5.82 Å². The highest BCUT2D eigenvalue weighted by Gasteiger charge is 2.23. The number of fused-ring (bicyclic) bond motifs is 1. The fourth-order valence-corrected chi connectivity index (χ4v) is 4.30. The van der Waals surface area contributed by atoms with Crippen LogP contribution in [0.4, 0.5) is 15.3 Å². The molecule has 0 atom stereocenters. The Hall–Kier alpha value is -3.17. The molecule has 2 aromatic heterocycles. The highest BCUT2D eigenvalue weighted by atomic mass is 35.5. The number of halogens is 2. The molecule has 0 saturated heterocycles. The van der Waals surface area contributed by atoms with Crippen molar-refractivity contribution in [2.24, 2.45) is 0 Å². The van der Waals surface area contributed by atoms with Crippen LogP contribution in [-0.4, -0.2) is 39.6 Å². The van der Waals surface area contributed by atoms with Crippen LogP contribution in [0.5, 0.6) is 0 Å². The summed E-state index contributed by atoms with van der Waals surface area (Å²) in [5, 5.41) is 12.4. The van der Waals surface area contributed by atoms with E-state index in [0.717, 1.165) is 16.9 Å². The minimum absolute atomic E-state index is 0.120. The number of anilines is 2. The van der Waals surface area contributed by atoms with Crippen molar-refractivity contribution in [2.45, 2.75) is 32.9 Å². The lowest BCUT2D eigenvalue weighted by Gasteiger charge is -2.22. The van der Waals surface area contributed by atoms with Crippen LogP contribution >= 0.6 is 22.9 Å². The number of hydrogen-bond donors (Lipinski definition) is 2. The van der Waals surface area contributed by atoms with E-state index in [1.54, 1.807) is 33.7 Å². The molecule has 0 radical (unpaired) electrons. The molecule has 7 nitrogen and oxygen atoms in total. The molecule has 0 aliphatic heterocycles. The minimum atomic E-state index is -0.300. The largest absolute Gasteiger partial charge is 0.364 e. The molecule has 2 N–H and O–H groups in total. The van der Waals surface area contributed by atoms with Gasteiger partial charge in [-0.3, -0.25) is 4.79 Å². The molecule has 34 heavy (non-hydrogen) atoms. The van der Waals surface area contributed by atoms with Crippen LogP contribution < -0.4 is 15.5 Å². The molecule has 4 aromatic rings. The third-order valence-electron chi connectivity index (χ3n) is 4.91. The molecule has 0 bridgehead atoms. The Kier molecular flexibility index (Phi) is 6.77. The molecule has 0 unspecified atom stereocenters. The average Bonchev–Trinajstić information content (AvgIpc) is 3.32. The van der Waals surface area contributed by atoms with E-state index in [1.807, 2.05) is 40.0 Å². The molecule has 1 amide bonds. The average molecular weight is 501 g/mol. The molecular weight excluding hydrogens is 475 g/mol. The molecule has 4 rings (SSSR count). The summed E-state index contributed by atoms with van der Waals surface area (Å²) in [7, 11) is 1.82. The molecule has 0 aliphatic carbocycles. The number of carbonyl (C=O) groups excluding carboxylic acids is 1. The summed E-state index contributed by atoms with van der Waals surface area (Å²) >= 11 is 7.29. The molecular formula is C24H26ClFN6OS. The zero-order chi connectivity index (χ0) is 24.5. The Balaban J connectivity index is 1.53. The zero-order valence-corrected chi connectivity index (χ0v) is 21.0. The van der Waals surface area contributed by atoms with Gasteiger partial charge in [0.05, 0.1) is 6.54 Å². The first-order chi connectivity index (χ1) is 16.1. The molecule has 10 heteroatoms. The second-order valence-electron chi connectivity index (χ2n) is 9.03. The fraction of sp³-hybridized carbons (Fsp3) is 0.292. The highest BCUT2D eigenvalue weighted by molar-refractivity contribution is 7.20. The lowest BCUT2D eigenvalue weighted by molar-refractivity contribution is -0.119. The number of carbonyl (C=O) groups is 1. The van der Waals surface area contributed by atoms with E-state index in [1.165, 1.54) is 23.5 Å². The van der Waals surface area contributed by atoms with Crippen LogP contribution in [0.3, 0.4) is 0 Å². The monoisotopic (exact) mass is 500 g/mol. The Morgan fingerprint density at radius 2 is 1.82 bits per heavy atom. The number of amides is 1. The third-order valence-corrected chi connectivity index (χ3v) is 6.19. The number of likely N-dealkylation sites (N-methyl/N-ethyl adjacent to an activating group) is 1. The van der Waals surface area contributed by atoms with Gasteiger partial charge in [-0.05, 0) is 62.7 Å². The molecule has 2 heterocycles. The smallest absolute Gasteiger partial charge is 0.239 e. The first kappa shape index (κ1) is 24.0. The Morgan fingerprint density at radius 1 is 1.15 bits per heavy atom. The molecule has 178 valence electrons. The van der Waals surface area contributed by atoms with Crippen molar-refractivity contribution in [3.63, 3.8) is 0 Å². The van der Waals surface area contributed by atoms with E-state index >= 15 is 0 Å². The number of aromatic nitrogens is 3. The quantitative estimate of drug-likeness (QED) is 0.364. The highest BCUT2D eigenvalue weighted by Crippen LogP contribution is 2.34. The van der Waals surface area contributed by atoms with Crippen LogP contribution in [-0.2, 0) is 11.3 Å². The third kappa shape index (κ3) is 5.66. The second-order valence-corrected chi connectivity index (χ2v) is 10.4. The Bertz CT molecular complexity index is 1290. The van der Waals surface area contributed by atoms with Crippen LogP contribution in [0.2, 0.25) is 5.02 Å². The van der Waals surface area contributed by atoms with Gasteiger partial charge in [0, 0.05) is 29.7 Å². The number of rotatable bonds is 7. The van der Waals surface area contributed by atoms with Crippen molar-refractivity contribution in [3.8, 4) is 11.3 Å². The van der Waals surface area contributed by atoms with Crippen molar-refractivity contribution >= 4 is 44.8 Å². The van der Waals surface area contributed by atoms with E-state index in [-0.39, 0.29) is 23.8 Å². The summed E-state index contributed by atoms with van der Waals surface area (Å²) in [5.41, 5.74) is 2.22. The van der Waals surface area contributed by atoms with Crippen molar-refractivity contribution in [1.29, 1.82) is 0 Å². The maximum atomic E-state index is 13.4. The van der Waals surface area contributed by atoms with Gasteiger partial charge in [-0.15, -0.1) is 5.10 Å². The van der Waals surface area contributed by atoms with Crippen LogP contribution in [0.15, 0.2) is 48.5 Å². The SMILES string of the molecule is CN(CC(=O)NCc1ccc(Cl)cc1)c1nn2c(NC(C)(C)C)c(-c3ccc(F)cc3)nc2s1. The summed E-state index contributed by atoms with van der Waals surface area (Å²) in [6.07, 6.45) is 0. The number of nitrogens with zero attached hydrogens (tertiary/aromatic N) is 4. The first-order valence-electron chi connectivity index (χ1n) is 10.7. The van der Waals surface area contributed by atoms with E-state index in [0.29, 0.717) is 27.4 Å². The molecule has 0 spiro atoms. The van der Waals surface area contributed by atoms with Crippen molar-refractivity contribution < 1.29 is 9.18 Å². The van der Waals surface area contributed by atoms with E-state index < -0.39 is 0 Å². The maximum Gasteiger partial charge on any atom is 0.239 e. The zero-order valence-electron chi connectivity index (χ0n) is 19.4. The lowest BCUT2D eigenvalue weighted by Crippen LogP contribution is -2.34. The summed E-state index contributed by atoms with van der Waals surface area (Å²) in [5.74, 6) is 0.300. The first-order valence-corrected chi connectivity index (χ1v) is 11.9. The van der Waals surface area contributed by atoms with Gasteiger partial charge >= 0.3 is 0 Å². The van der Waals surface area contributed by atoms with Gasteiger partial charge in [-0.25, -0.2) is 9.37 Å². The van der Waals surface area contributed by atoms with Gasteiger partial charge in [0.2, 0.25) is 16.0 Å². The van der Waals surface area contributed by atoms with Gasteiger partial charge in [0.25, 0.3) is 0 Å². The van der Waals surface area contributed by atoms with E-state index in [4.69, 9.17) is 21.7 Å². The molecule has 0 aliphatic rings. The normalized spacial score (nSPS) is 11.6. The van der Waals surface area contributed by atoms with Crippen molar-refractivity contribution in [3.05, 3.63) is 64.9 Å². The van der Waals surface area contributed by atoms with Gasteiger partial charge in [-0.2, -0.15) is 4.52 Å².